The monoisotopic (exact) mass is 251 g/mol. The summed E-state index contributed by atoms with van der Waals surface area (Å²) in [5.41, 5.74) is 2.54. The van der Waals surface area contributed by atoms with Crippen LogP contribution in [-0.4, -0.2) is 32.3 Å². The summed E-state index contributed by atoms with van der Waals surface area (Å²) < 4.78 is 10.1. The first kappa shape index (κ1) is 14.7. The summed E-state index contributed by atoms with van der Waals surface area (Å²) in [6, 6.07) is 8.40. The molecular weight excluding hydrogens is 230 g/mol. The third-order valence-corrected chi connectivity index (χ3v) is 2.37. The van der Waals surface area contributed by atoms with Crippen LogP contribution in [0.25, 0.3) is 0 Å². The predicted molar refractivity (Wildman–Crippen MR) is 70.3 cm³/mol. The minimum Gasteiger partial charge on any atom is -0.463 e. The number of hydrogen-bond acceptors (Lipinski definition) is 4. The highest BCUT2D eigenvalue weighted by Gasteiger charge is 1.94. The minimum absolute atomic E-state index is 0.267. The maximum absolute atomic E-state index is 10.5. The lowest BCUT2D eigenvalue weighted by molar-refractivity contribution is -0.142. The van der Waals surface area contributed by atoms with Crippen molar-refractivity contribution in [2.75, 3.05) is 26.4 Å². The average molecular weight is 251 g/mol. The number of aryl methyl sites for hydroxylation is 1. The quantitative estimate of drug-likeness (QED) is 0.564. The molecule has 0 aliphatic carbocycles. The van der Waals surface area contributed by atoms with Crippen molar-refractivity contribution in [3.63, 3.8) is 0 Å². The van der Waals surface area contributed by atoms with Gasteiger partial charge in [0.2, 0.25) is 0 Å². The van der Waals surface area contributed by atoms with E-state index >= 15 is 0 Å². The molecule has 4 heteroatoms. The van der Waals surface area contributed by atoms with Crippen LogP contribution in [-0.2, 0) is 20.8 Å². The first-order valence-corrected chi connectivity index (χ1v) is 6.16. The maximum atomic E-state index is 10.5. The van der Waals surface area contributed by atoms with Gasteiger partial charge in [0, 0.05) is 20.0 Å². The Morgan fingerprint density at radius 3 is 2.83 bits per heavy atom. The summed E-state index contributed by atoms with van der Waals surface area (Å²) in [7, 11) is 0. The van der Waals surface area contributed by atoms with Crippen molar-refractivity contribution < 1.29 is 14.3 Å². The third kappa shape index (κ3) is 7.04. The average Bonchev–Trinajstić information content (AvgIpc) is 2.32. The Morgan fingerprint density at radius 2 is 2.11 bits per heavy atom. The van der Waals surface area contributed by atoms with Crippen molar-refractivity contribution in [2.45, 2.75) is 20.4 Å². The van der Waals surface area contributed by atoms with E-state index in [9.17, 15) is 4.79 Å². The van der Waals surface area contributed by atoms with E-state index in [0.29, 0.717) is 19.8 Å². The molecule has 0 heterocycles. The largest absolute Gasteiger partial charge is 0.463 e. The van der Waals surface area contributed by atoms with Crippen molar-refractivity contribution in [2.24, 2.45) is 0 Å². The highest BCUT2D eigenvalue weighted by molar-refractivity contribution is 5.65. The predicted octanol–water partition coefficient (Wildman–Crippen LogP) is 1.66. The van der Waals surface area contributed by atoms with Gasteiger partial charge in [-0.2, -0.15) is 0 Å². The number of benzene rings is 1. The molecule has 0 aliphatic rings. The fourth-order valence-electron chi connectivity index (χ4n) is 1.55. The van der Waals surface area contributed by atoms with Crippen molar-refractivity contribution >= 4 is 5.97 Å². The molecule has 0 saturated carbocycles. The molecule has 0 amide bonds. The zero-order valence-electron chi connectivity index (χ0n) is 11.1. The number of carbonyl (C=O) groups is 1. The van der Waals surface area contributed by atoms with Crippen LogP contribution < -0.4 is 5.32 Å². The summed E-state index contributed by atoms with van der Waals surface area (Å²) in [5, 5.41) is 3.30. The van der Waals surface area contributed by atoms with E-state index in [1.807, 2.05) is 0 Å². The molecule has 1 N–H and O–H groups in total. The lowest BCUT2D eigenvalue weighted by Gasteiger charge is -2.07. The standard InChI is InChI=1S/C14H21NO3/c1-12-4-3-5-14(10-12)11-15-6-7-17-8-9-18-13(2)16/h3-5,10,15H,6-9,11H2,1-2H3. The normalized spacial score (nSPS) is 10.3. The molecule has 0 atom stereocenters. The molecule has 0 fully saturated rings. The molecule has 1 aromatic carbocycles. The van der Waals surface area contributed by atoms with Gasteiger partial charge in [0.05, 0.1) is 13.2 Å². The highest BCUT2D eigenvalue weighted by atomic mass is 16.6. The van der Waals surface area contributed by atoms with Crippen LogP contribution in [0.3, 0.4) is 0 Å². The zero-order chi connectivity index (χ0) is 13.2. The Balaban J connectivity index is 1.97. The second-order valence-electron chi connectivity index (χ2n) is 4.12. The second-order valence-corrected chi connectivity index (χ2v) is 4.12. The van der Waals surface area contributed by atoms with Gasteiger partial charge in [0.15, 0.2) is 0 Å². The van der Waals surface area contributed by atoms with Gasteiger partial charge in [0.1, 0.15) is 6.61 Å². The van der Waals surface area contributed by atoms with E-state index in [-0.39, 0.29) is 5.97 Å². The highest BCUT2D eigenvalue weighted by Crippen LogP contribution is 2.02. The number of carbonyl (C=O) groups excluding carboxylic acids is 1. The molecule has 0 unspecified atom stereocenters. The van der Waals surface area contributed by atoms with Gasteiger partial charge in [-0.1, -0.05) is 29.8 Å². The number of nitrogens with one attached hydrogen (secondary N) is 1. The van der Waals surface area contributed by atoms with Crippen molar-refractivity contribution in [3.8, 4) is 0 Å². The Hall–Kier alpha value is -1.39. The van der Waals surface area contributed by atoms with Crippen molar-refractivity contribution in [1.29, 1.82) is 0 Å². The molecule has 100 valence electrons. The summed E-state index contributed by atoms with van der Waals surface area (Å²) >= 11 is 0. The van der Waals surface area contributed by atoms with Crippen LogP contribution in [0, 0.1) is 6.92 Å². The number of esters is 1. The van der Waals surface area contributed by atoms with Crippen molar-refractivity contribution in [3.05, 3.63) is 35.4 Å². The fourth-order valence-corrected chi connectivity index (χ4v) is 1.55. The maximum Gasteiger partial charge on any atom is 0.302 e. The molecule has 0 bridgehead atoms. The molecule has 0 spiro atoms. The van der Waals surface area contributed by atoms with Gasteiger partial charge >= 0.3 is 5.97 Å². The lowest BCUT2D eigenvalue weighted by atomic mass is 10.1. The zero-order valence-corrected chi connectivity index (χ0v) is 11.1. The third-order valence-electron chi connectivity index (χ3n) is 2.37. The molecule has 1 rings (SSSR count). The molecule has 0 aromatic heterocycles. The molecule has 4 nitrogen and oxygen atoms in total. The van der Waals surface area contributed by atoms with Gasteiger partial charge in [-0.25, -0.2) is 0 Å². The molecule has 0 radical (unpaired) electrons. The lowest BCUT2D eigenvalue weighted by Crippen LogP contribution is -2.20. The molecule has 0 aliphatic heterocycles. The smallest absolute Gasteiger partial charge is 0.302 e. The number of hydrogen-bond donors (Lipinski definition) is 1. The van der Waals surface area contributed by atoms with Gasteiger partial charge < -0.3 is 14.8 Å². The van der Waals surface area contributed by atoms with E-state index in [1.165, 1.54) is 18.1 Å². The van der Waals surface area contributed by atoms with E-state index in [1.54, 1.807) is 0 Å². The SMILES string of the molecule is CC(=O)OCCOCCNCc1cccc(C)c1. The van der Waals surface area contributed by atoms with Crippen LogP contribution in [0.1, 0.15) is 18.1 Å². The summed E-state index contributed by atoms with van der Waals surface area (Å²) in [6.07, 6.45) is 0. The van der Waals surface area contributed by atoms with Crippen LogP contribution in [0.4, 0.5) is 0 Å². The Morgan fingerprint density at radius 1 is 1.28 bits per heavy atom. The van der Waals surface area contributed by atoms with E-state index < -0.39 is 0 Å². The van der Waals surface area contributed by atoms with Crippen LogP contribution in [0.5, 0.6) is 0 Å². The van der Waals surface area contributed by atoms with Crippen LogP contribution >= 0.6 is 0 Å². The molecule has 18 heavy (non-hydrogen) atoms. The van der Waals surface area contributed by atoms with Gasteiger partial charge in [0.25, 0.3) is 0 Å². The summed E-state index contributed by atoms with van der Waals surface area (Å²) in [5.74, 6) is -0.267. The topological polar surface area (TPSA) is 47.6 Å². The van der Waals surface area contributed by atoms with E-state index in [4.69, 9.17) is 9.47 Å². The Bertz CT molecular complexity index is 366. The molecule has 1 aromatic rings. The first-order chi connectivity index (χ1) is 8.68. The van der Waals surface area contributed by atoms with Gasteiger partial charge in [-0.05, 0) is 12.5 Å². The Kier molecular flexibility index (Phi) is 7.06. The molecular formula is C14H21NO3. The molecule has 0 saturated heterocycles. The first-order valence-electron chi connectivity index (χ1n) is 6.16. The van der Waals surface area contributed by atoms with Gasteiger partial charge in [-0.15, -0.1) is 0 Å². The van der Waals surface area contributed by atoms with E-state index in [2.05, 4.69) is 36.5 Å². The minimum atomic E-state index is -0.267. The van der Waals surface area contributed by atoms with Crippen LogP contribution in [0.2, 0.25) is 0 Å². The van der Waals surface area contributed by atoms with Crippen molar-refractivity contribution in [1.82, 2.24) is 5.32 Å². The van der Waals surface area contributed by atoms with Crippen LogP contribution in [0.15, 0.2) is 24.3 Å². The fraction of sp³-hybridized carbons (Fsp3) is 0.500. The van der Waals surface area contributed by atoms with E-state index in [0.717, 1.165) is 13.1 Å². The van der Waals surface area contributed by atoms with Gasteiger partial charge in [-0.3, -0.25) is 4.79 Å². The Labute approximate surface area is 108 Å². The number of rotatable bonds is 8. The summed E-state index contributed by atoms with van der Waals surface area (Å²) in [6.45, 7) is 6.50. The summed E-state index contributed by atoms with van der Waals surface area (Å²) in [4.78, 5) is 10.5. The number of ether oxygens (including phenoxy) is 2. The second kappa shape index (κ2) is 8.66.